The number of hydrogen-bond acceptors (Lipinski definition) is 4. The molecule has 0 saturated carbocycles. The Morgan fingerprint density at radius 1 is 0.880 bits per heavy atom. The lowest BCUT2D eigenvalue weighted by molar-refractivity contribution is -0.149. The fourth-order valence-electron chi connectivity index (χ4n) is 2.42. The Hall–Kier alpha value is -0.760. The number of rotatable bonds is 16. The van der Waals surface area contributed by atoms with Crippen molar-refractivity contribution >= 4 is 16.1 Å². The molecule has 150 valence electrons. The van der Waals surface area contributed by atoms with Gasteiger partial charge in [0.15, 0.2) is 6.61 Å². The van der Waals surface area contributed by atoms with Gasteiger partial charge in [-0.2, -0.15) is 17.2 Å². The first kappa shape index (κ1) is 24.2. The Morgan fingerprint density at radius 2 is 1.28 bits per heavy atom. The maximum atomic E-state index is 12.9. The molecule has 0 heterocycles. The fourth-order valence-corrected chi connectivity index (χ4v) is 2.63. The minimum Gasteiger partial charge on any atom is -0.458 e. The smallest absolute Gasteiger partial charge is 0.402 e. The number of unbranched alkanes of at least 4 members (excludes halogenated alkanes) is 11. The van der Waals surface area contributed by atoms with E-state index in [4.69, 9.17) is 4.55 Å². The van der Waals surface area contributed by atoms with E-state index in [-0.39, 0.29) is 6.42 Å². The molecule has 0 aliphatic rings. The third-order valence-electron chi connectivity index (χ3n) is 4.01. The molecular formula is C17H32F2O5S. The first-order valence-corrected chi connectivity index (χ1v) is 10.6. The number of carbonyl (C=O) groups excluding carboxylic acids is 1. The third-order valence-corrected chi connectivity index (χ3v) is 4.89. The zero-order chi connectivity index (χ0) is 19.2. The van der Waals surface area contributed by atoms with Crippen molar-refractivity contribution in [1.82, 2.24) is 0 Å². The van der Waals surface area contributed by atoms with Crippen LogP contribution in [0.15, 0.2) is 0 Å². The van der Waals surface area contributed by atoms with Crippen LogP contribution in [-0.2, 0) is 19.6 Å². The van der Waals surface area contributed by atoms with Crippen LogP contribution < -0.4 is 0 Å². The van der Waals surface area contributed by atoms with Crippen LogP contribution in [0.3, 0.4) is 0 Å². The van der Waals surface area contributed by atoms with E-state index in [1.807, 2.05) is 0 Å². The molecule has 0 spiro atoms. The van der Waals surface area contributed by atoms with Gasteiger partial charge in [-0.25, -0.2) is 0 Å². The van der Waals surface area contributed by atoms with Gasteiger partial charge in [0.2, 0.25) is 0 Å². The second-order valence-electron chi connectivity index (χ2n) is 6.41. The molecule has 5 nitrogen and oxygen atoms in total. The molecule has 1 N–H and O–H groups in total. The van der Waals surface area contributed by atoms with Crippen LogP contribution in [0.25, 0.3) is 0 Å². The van der Waals surface area contributed by atoms with Crippen LogP contribution in [0.2, 0.25) is 0 Å². The summed E-state index contributed by atoms with van der Waals surface area (Å²) in [7, 11) is -5.56. The van der Waals surface area contributed by atoms with Crippen molar-refractivity contribution in [3.05, 3.63) is 0 Å². The molecule has 0 aromatic carbocycles. The Kier molecular flexibility index (Phi) is 13.0. The van der Waals surface area contributed by atoms with Gasteiger partial charge < -0.3 is 4.74 Å². The summed E-state index contributed by atoms with van der Waals surface area (Å²) >= 11 is 0. The SMILES string of the molecule is CCCCCCCCCCCCCCC(=O)OCC(F)(F)S(=O)(=O)O. The van der Waals surface area contributed by atoms with Crippen LogP contribution in [0.4, 0.5) is 8.78 Å². The summed E-state index contributed by atoms with van der Waals surface area (Å²) in [4.78, 5) is 11.3. The van der Waals surface area contributed by atoms with Crippen molar-refractivity contribution in [3.63, 3.8) is 0 Å². The molecule has 0 radical (unpaired) electrons. The number of halogens is 2. The summed E-state index contributed by atoms with van der Waals surface area (Å²) in [6.45, 7) is 0.553. The molecule has 0 unspecified atom stereocenters. The molecular weight excluding hydrogens is 354 g/mol. The fraction of sp³-hybridized carbons (Fsp3) is 0.941. The van der Waals surface area contributed by atoms with E-state index in [0.29, 0.717) is 6.42 Å². The monoisotopic (exact) mass is 386 g/mol. The Bertz CT molecular complexity index is 452. The quantitative estimate of drug-likeness (QED) is 0.227. The molecule has 0 saturated heterocycles. The van der Waals surface area contributed by atoms with Crippen molar-refractivity contribution in [2.45, 2.75) is 95.6 Å². The normalized spacial score (nSPS) is 12.3. The molecule has 0 rings (SSSR count). The molecule has 25 heavy (non-hydrogen) atoms. The van der Waals surface area contributed by atoms with E-state index in [9.17, 15) is 22.0 Å². The molecule has 0 aromatic heterocycles. The summed E-state index contributed by atoms with van der Waals surface area (Å²) in [6, 6.07) is 0. The Labute approximate surface area is 150 Å². The molecule has 0 aliphatic heterocycles. The van der Waals surface area contributed by atoms with Gasteiger partial charge >= 0.3 is 21.3 Å². The van der Waals surface area contributed by atoms with Crippen molar-refractivity contribution in [2.24, 2.45) is 0 Å². The van der Waals surface area contributed by atoms with E-state index in [1.54, 1.807) is 0 Å². The van der Waals surface area contributed by atoms with Crippen LogP contribution in [0.5, 0.6) is 0 Å². The third kappa shape index (κ3) is 13.1. The van der Waals surface area contributed by atoms with Gasteiger partial charge in [-0.1, -0.05) is 77.6 Å². The maximum Gasteiger partial charge on any atom is 0.402 e. The number of alkyl halides is 2. The van der Waals surface area contributed by atoms with Crippen LogP contribution in [0, 0.1) is 0 Å². The summed E-state index contributed by atoms with van der Waals surface area (Å²) in [5.74, 6) is -0.879. The topological polar surface area (TPSA) is 80.7 Å². The standard InChI is InChI=1S/C17H32F2O5S/c1-2-3-4-5-6-7-8-9-10-11-12-13-14-16(20)24-15-17(18,19)25(21,22)23/h2-15H2,1H3,(H,21,22,23). The number of hydrogen-bond donors (Lipinski definition) is 1. The van der Waals surface area contributed by atoms with E-state index in [0.717, 1.165) is 19.3 Å². The molecule has 0 aliphatic carbocycles. The highest BCUT2D eigenvalue weighted by Crippen LogP contribution is 2.21. The van der Waals surface area contributed by atoms with Gasteiger partial charge in [0.1, 0.15) is 0 Å². The second kappa shape index (κ2) is 13.4. The van der Waals surface area contributed by atoms with Crippen molar-refractivity contribution < 1.29 is 31.3 Å². The highest BCUT2D eigenvalue weighted by molar-refractivity contribution is 7.86. The lowest BCUT2D eigenvalue weighted by atomic mass is 10.0. The van der Waals surface area contributed by atoms with Gasteiger partial charge in [-0.3, -0.25) is 9.35 Å². The van der Waals surface area contributed by atoms with Gasteiger partial charge in [0.05, 0.1) is 0 Å². The predicted molar refractivity (Wildman–Crippen MR) is 93.1 cm³/mol. The van der Waals surface area contributed by atoms with Crippen molar-refractivity contribution in [3.8, 4) is 0 Å². The second-order valence-corrected chi connectivity index (χ2v) is 7.96. The van der Waals surface area contributed by atoms with E-state index in [1.165, 1.54) is 51.4 Å². The van der Waals surface area contributed by atoms with Gasteiger partial charge in [-0.05, 0) is 6.42 Å². The summed E-state index contributed by atoms with van der Waals surface area (Å²) in [6.07, 6.45) is 13.5. The van der Waals surface area contributed by atoms with Crippen LogP contribution >= 0.6 is 0 Å². The summed E-state index contributed by atoms with van der Waals surface area (Å²) < 4.78 is 58.9. The molecule has 0 aromatic rings. The van der Waals surface area contributed by atoms with E-state index < -0.39 is 27.9 Å². The molecule has 0 atom stereocenters. The average Bonchev–Trinajstić information content (AvgIpc) is 2.53. The molecule has 0 amide bonds. The molecule has 0 fully saturated rings. The Morgan fingerprint density at radius 3 is 1.68 bits per heavy atom. The van der Waals surface area contributed by atoms with Crippen molar-refractivity contribution in [1.29, 1.82) is 0 Å². The first-order chi connectivity index (χ1) is 11.7. The maximum absolute atomic E-state index is 12.9. The zero-order valence-electron chi connectivity index (χ0n) is 15.1. The average molecular weight is 387 g/mol. The largest absolute Gasteiger partial charge is 0.458 e. The van der Waals surface area contributed by atoms with Gasteiger partial charge in [-0.15, -0.1) is 0 Å². The van der Waals surface area contributed by atoms with Gasteiger partial charge in [0, 0.05) is 6.42 Å². The van der Waals surface area contributed by atoms with Gasteiger partial charge in [0.25, 0.3) is 0 Å². The molecule has 8 heteroatoms. The van der Waals surface area contributed by atoms with Crippen LogP contribution in [-0.4, -0.2) is 30.8 Å². The van der Waals surface area contributed by atoms with Crippen molar-refractivity contribution in [2.75, 3.05) is 6.61 Å². The summed E-state index contributed by atoms with van der Waals surface area (Å²) in [5.41, 5.74) is 0. The molecule has 0 bridgehead atoms. The highest BCUT2D eigenvalue weighted by Gasteiger charge is 2.45. The highest BCUT2D eigenvalue weighted by atomic mass is 32.2. The predicted octanol–water partition coefficient (Wildman–Crippen LogP) is 5.10. The number of carbonyl (C=O) groups is 1. The van der Waals surface area contributed by atoms with E-state index >= 15 is 0 Å². The minimum absolute atomic E-state index is 0.0288. The summed E-state index contributed by atoms with van der Waals surface area (Å²) in [5, 5.41) is -4.46. The first-order valence-electron chi connectivity index (χ1n) is 9.21. The number of ether oxygens (including phenoxy) is 1. The van der Waals surface area contributed by atoms with E-state index in [2.05, 4.69) is 11.7 Å². The number of esters is 1. The lowest BCUT2D eigenvalue weighted by Crippen LogP contribution is -2.34. The lowest BCUT2D eigenvalue weighted by Gasteiger charge is -2.12. The van der Waals surface area contributed by atoms with Crippen LogP contribution in [0.1, 0.15) is 90.4 Å². The minimum atomic E-state index is -5.56. The Balaban J connectivity index is 3.47. The zero-order valence-corrected chi connectivity index (χ0v) is 16.0.